The third kappa shape index (κ3) is 7.88. The Morgan fingerprint density at radius 2 is 1.96 bits per heavy atom. The number of imidazole rings is 1. The lowest BCUT2D eigenvalue weighted by molar-refractivity contribution is 0.0672. The van der Waals surface area contributed by atoms with E-state index in [0.717, 1.165) is 49.8 Å². The van der Waals surface area contributed by atoms with Crippen LogP contribution in [0.1, 0.15) is 38.1 Å². The fraction of sp³-hybridized carbons (Fsp3) is 0.500. The summed E-state index contributed by atoms with van der Waals surface area (Å²) in [6, 6.07) is 9.65. The molecule has 1 aromatic carbocycles. The standard InChI is InChI=1S/C20H31N5O.HI/c1-4-21-19(23-12-8-9-14-25-15-13-22-17(25)2)24-16-20(3,26)18-10-6-5-7-11-18;/h5-7,10-11,13,15,26H,4,8-9,12,14,16H2,1-3H3,(H2,21,23,24);1H. The number of unbranched alkanes of at least 4 members (excludes halogenated alkanes) is 1. The van der Waals surface area contributed by atoms with Crippen LogP contribution in [0, 0.1) is 6.92 Å². The monoisotopic (exact) mass is 485 g/mol. The molecular formula is C20H32IN5O. The van der Waals surface area contributed by atoms with Crippen molar-refractivity contribution in [1.82, 2.24) is 20.2 Å². The maximum absolute atomic E-state index is 10.7. The van der Waals surface area contributed by atoms with E-state index in [1.807, 2.05) is 56.6 Å². The Labute approximate surface area is 179 Å². The summed E-state index contributed by atoms with van der Waals surface area (Å²) in [6.45, 7) is 8.76. The first-order chi connectivity index (χ1) is 12.5. The number of aliphatic imine (C=N–C) groups is 1. The van der Waals surface area contributed by atoms with Gasteiger partial charge in [0, 0.05) is 32.0 Å². The summed E-state index contributed by atoms with van der Waals surface area (Å²) < 4.78 is 2.16. The van der Waals surface area contributed by atoms with Crippen LogP contribution in [-0.4, -0.2) is 40.3 Å². The van der Waals surface area contributed by atoms with E-state index in [1.54, 1.807) is 6.92 Å². The highest BCUT2D eigenvalue weighted by molar-refractivity contribution is 14.0. The van der Waals surface area contributed by atoms with Gasteiger partial charge in [-0.15, -0.1) is 24.0 Å². The molecule has 0 aliphatic rings. The zero-order valence-corrected chi connectivity index (χ0v) is 18.8. The third-order valence-electron chi connectivity index (χ3n) is 4.33. The Morgan fingerprint density at radius 1 is 1.22 bits per heavy atom. The van der Waals surface area contributed by atoms with Crippen molar-refractivity contribution >= 4 is 29.9 Å². The Hall–Kier alpha value is -1.61. The molecule has 27 heavy (non-hydrogen) atoms. The molecule has 1 unspecified atom stereocenters. The van der Waals surface area contributed by atoms with Crippen molar-refractivity contribution in [3.05, 3.63) is 54.1 Å². The summed E-state index contributed by atoms with van der Waals surface area (Å²) in [6.07, 6.45) is 5.96. The van der Waals surface area contributed by atoms with Gasteiger partial charge in [-0.05, 0) is 39.2 Å². The molecule has 2 rings (SSSR count). The van der Waals surface area contributed by atoms with E-state index in [-0.39, 0.29) is 24.0 Å². The Kier molecular flexibility index (Phi) is 10.4. The van der Waals surface area contributed by atoms with E-state index in [9.17, 15) is 5.11 Å². The molecule has 150 valence electrons. The van der Waals surface area contributed by atoms with Gasteiger partial charge >= 0.3 is 0 Å². The van der Waals surface area contributed by atoms with Gasteiger partial charge in [-0.1, -0.05) is 30.3 Å². The van der Waals surface area contributed by atoms with E-state index in [2.05, 4.69) is 25.2 Å². The lowest BCUT2D eigenvalue weighted by Crippen LogP contribution is -2.39. The van der Waals surface area contributed by atoms with Crippen LogP contribution >= 0.6 is 24.0 Å². The fourth-order valence-corrected chi connectivity index (χ4v) is 2.72. The smallest absolute Gasteiger partial charge is 0.191 e. The van der Waals surface area contributed by atoms with Gasteiger partial charge in [0.2, 0.25) is 0 Å². The van der Waals surface area contributed by atoms with Crippen LogP contribution in [0.4, 0.5) is 0 Å². The summed E-state index contributed by atoms with van der Waals surface area (Å²) >= 11 is 0. The number of hydrogen-bond donors (Lipinski definition) is 3. The number of benzene rings is 1. The molecule has 0 amide bonds. The highest BCUT2D eigenvalue weighted by Crippen LogP contribution is 2.20. The molecule has 1 atom stereocenters. The molecule has 0 spiro atoms. The minimum Gasteiger partial charge on any atom is -0.384 e. The molecule has 0 bridgehead atoms. The second kappa shape index (κ2) is 12.0. The summed E-state index contributed by atoms with van der Waals surface area (Å²) in [7, 11) is 0. The summed E-state index contributed by atoms with van der Waals surface area (Å²) in [5.41, 5.74) is -0.113. The SMILES string of the molecule is CCNC(=NCC(C)(O)c1ccccc1)NCCCCn1ccnc1C.I. The van der Waals surface area contributed by atoms with Crippen LogP contribution in [-0.2, 0) is 12.1 Å². The number of halogens is 1. The van der Waals surface area contributed by atoms with E-state index < -0.39 is 5.60 Å². The van der Waals surface area contributed by atoms with Crippen LogP contribution in [0.25, 0.3) is 0 Å². The van der Waals surface area contributed by atoms with Crippen molar-refractivity contribution < 1.29 is 5.11 Å². The van der Waals surface area contributed by atoms with Crippen molar-refractivity contribution in [1.29, 1.82) is 0 Å². The first kappa shape index (κ1) is 23.4. The average Bonchev–Trinajstić information content (AvgIpc) is 3.05. The molecule has 2 aromatic rings. The molecule has 3 N–H and O–H groups in total. The van der Waals surface area contributed by atoms with E-state index >= 15 is 0 Å². The van der Waals surface area contributed by atoms with Crippen molar-refractivity contribution in [3.8, 4) is 0 Å². The van der Waals surface area contributed by atoms with Crippen molar-refractivity contribution in [2.75, 3.05) is 19.6 Å². The summed E-state index contributed by atoms with van der Waals surface area (Å²) in [5, 5.41) is 17.2. The Balaban J connectivity index is 0.00000364. The van der Waals surface area contributed by atoms with Crippen molar-refractivity contribution in [3.63, 3.8) is 0 Å². The molecular weight excluding hydrogens is 453 g/mol. The molecule has 1 aromatic heterocycles. The number of aryl methyl sites for hydroxylation is 2. The van der Waals surface area contributed by atoms with E-state index in [4.69, 9.17) is 0 Å². The Bertz CT molecular complexity index is 685. The number of rotatable bonds is 9. The molecule has 7 heteroatoms. The van der Waals surface area contributed by atoms with Crippen LogP contribution in [0.3, 0.4) is 0 Å². The highest BCUT2D eigenvalue weighted by Gasteiger charge is 2.22. The van der Waals surface area contributed by atoms with Gasteiger partial charge in [-0.3, -0.25) is 0 Å². The number of guanidine groups is 1. The predicted molar refractivity (Wildman–Crippen MR) is 122 cm³/mol. The summed E-state index contributed by atoms with van der Waals surface area (Å²) in [5.74, 6) is 1.79. The zero-order valence-electron chi connectivity index (χ0n) is 16.5. The molecule has 0 aliphatic carbocycles. The van der Waals surface area contributed by atoms with Crippen LogP contribution < -0.4 is 10.6 Å². The second-order valence-electron chi connectivity index (χ2n) is 6.64. The number of nitrogens with zero attached hydrogens (tertiary/aromatic N) is 3. The Morgan fingerprint density at radius 3 is 2.59 bits per heavy atom. The van der Waals surface area contributed by atoms with Gasteiger partial charge in [0.15, 0.2) is 5.96 Å². The predicted octanol–water partition coefficient (Wildman–Crippen LogP) is 3.05. The first-order valence-corrected chi connectivity index (χ1v) is 9.31. The summed E-state index contributed by atoms with van der Waals surface area (Å²) in [4.78, 5) is 8.79. The molecule has 1 heterocycles. The molecule has 0 saturated carbocycles. The largest absolute Gasteiger partial charge is 0.384 e. The number of nitrogens with one attached hydrogen (secondary N) is 2. The van der Waals surface area contributed by atoms with E-state index in [1.165, 1.54) is 0 Å². The minimum atomic E-state index is -0.984. The van der Waals surface area contributed by atoms with Crippen molar-refractivity contribution in [2.24, 2.45) is 4.99 Å². The third-order valence-corrected chi connectivity index (χ3v) is 4.33. The number of aromatic nitrogens is 2. The first-order valence-electron chi connectivity index (χ1n) is 9.31. The quantitative estimate of drug-likeness (QED) is 0.221. The van der Waals surface area contributed by atoms with Crippen molar-refractivity contribution in [2.45, 2.75) is 45.8 Å². The second-order valence-corrected chi connectivity index (χ2v) is 6.64. The van der Waals surface area contributed by atoms with Gasteiger partial charge in [-0.2, -0.15) is 0 Å². The lowest BCUT2D eigenvalue weighted by atomic mass is 9.96. The topological polar surface area (TPSA) is 74.5 Å². The molecule has 0 fully saturated rings. The lowest BCUT2D eigenvalue weighted by Gasteiger charge is -2.22. The zero-order chi connectivity index (χ0) is 18.8. The minimum absolute atomic E-state index is 0. The highest BCUT2D eigenvalue weighted by atomic mass is 127. The van der Waals surface area contributed by atoms with Crippen LogP contribution in [0.2, 0.25) is 0 Å². The van der Waals surface area contributed by atoms with E-state index in [0.29, 0.717) is 6.54 Å². The average molecular weight is 485 g/mol. The number of aliphatic hydroxyl groups is 1. The van der Waals surface area contributed by atoms with Crippen LogP contribution in [0.5, 0.6) is 0 Å². The molecule has 0 radical (unpaired) electrons. The molecule has 6 nitrogen and oxygen atoms in total. The maximum Gasteiger partial charge on any atom is 0.191 e. The molecule has 0 aliphatic heterocycles. The fourth-order valence-electron chi connectivity index (χ4n) is 2.72. The van der Waals surface area contributed by atoms with Gasteiger partial charge in [0.1, 0.15) is 11.4 Å². The normalized spacial score (nSPS) is 13.6. The molecule has 0 saturated heterocycles. The van der Waals surface area contributed by atoms with Crippen LogP contribution in [0.15, 0.2) is 47.7 Å². The maximum atomic E-state index is 10.7. The van der Waals surface area contributed by atoms with Gasteiger partial charge < -0.3 is 20.3 Å². The van der Waals surface area contributed by atoms with Gasteiger partial charge in [0.05, 0.1) is 6.54 Å². The number of hydrogen-bond acceptors (Lipinski definition) is 3. The van der Waals surface area contributed by atoms with Gasteiger partial charge in [-0.25, -0.2) is 9.98 Å². The van der Waals surface area contributed by atoms with Gasteiger partial charge in [0.25, 0.3) is 0 Å².